The zero-order valence-electron chi connectivity index (χ0n) is 21.4. The van der Waals surface area contributed by atoms with Crippen molar-refractivity contribution in [3.05, 3.63) is 17.7 Å². The zero-order chi connectivity index (χ0) is 26.2. The topological polar surface area (TPSA) is 91.8 Å². The number of thioether (sulfide) groups is 1. The molecule has 7 aliphatic rings. The first-order chi connectivity index (χ1) is 18.3. The van der Waals surface area contributed by atoms with Gasteiger partial charge in [-0.2, -0.15) is 8.78 Å². The number of pyridine rings is 1. The van der Waals surface area contributed by atoms with Crippen LogP contribution in [0.15, 0.2) is 17.2 Å². The molecule has 2 heterocycles. The number of carbonyl (C=O) groups excluding carboxylic acids is 1. The van der Waals surface area contributed by atoms with Gasteiger partial charge < -0.3 is 20.1 Å². The molecule has 4 bridgehead atoms. The monoisotopic (exact) mass is 547 g/mol. The SMILES string of the molecule is O=C(NC1C2CC3CC1CC(OC(F)F)(C3)C2)c1ccc(N2CC3C(C2)C3C(=O)O)nc1SC1CCCC1. The van der Waals surface area contributed by atoms with Crippen LogP contribution < -0.4 is 10.2 Å². The maximum atomic E-state index is 13.7. The fourth-order valence-corrected chi connectivity index (χ4v) is 10.2. The molecule has 6 saturated carbocycles. The second-order valence-electron chi connectivity index (χ2n) is 12.7. The van der Waals surface area contributed by atoms with Crippen LogP contribution in [0, 0.1) is 35.5 Å². The fourth-order valence-electron chi connectivity index (χ4n) is 8.86. The van der Waals surface area contributed by atoms with Gasteiger partial charge in [0.15, 0.2) is 0 Å². The molecular weight excluding hydrogens is 512 g/mol. The van der Waals surface area contributed by atoms with Gasteiger partial charge in [0.25, 0.3) is 5.91 Å². The summed E-state index contributed by atoms with van der Waals surface area (Å²) in [6, 6.07) is 3.76. The van der Waals surface area contributed by atoms with Crippen LogP contribution in [0.5, 0.6) is 0 Å². The molecule has 8 rings (SSSR count). The van der Waals surface area contributed by atoms with Gasteiger partial charge in [-0.25, -0.2) is 4.98 Å². The number of hydrogen-bond donors (Lipinski definition) is 2. The third kappa shape index (κ3) is 4.39. The summed E-state index contributed by atoms with van der Waals surface area (Å²) in [7, 11) is 0. The van der Waals surface area contributed by atoms with Crippen molar-refractivity contribution in [2.24, 2.45) is 35.5 Å². The lowest BCUT2D eigenvalue weighted by Gasteiger charge is -2.59. The second kappa shape index (κ2) is 9.32. The number of aromatic nitrogens is 1. The molecule has 1 aromatic heterocycles. The van der Waals surface area contributed by atoms with Crippen LogP contribution in [0.3, 0.4) is 0 Å². The van der Waals surface area contributed by atoms with E-state index in [-0.39, 0.29) is 41.5 Å². The van der Waals surface area contributed by atoms with E-state index in [0.29, 0.717) is 49.1 Å². The fraction of sp³-hybridized carbons (Fsp3) is 0.750. The van der Waals surface area contributed by atoms with E-state index in [4.69, 9.17) is 9.72 Å². The number of hydrogen-bond acceptors (Lipinski definition) is 6. The van der Waals surface area contributed by atoms with E-state index in [1.165, 1.54) is 12.8 Å². The van der Waals surface area contributed by atoms with Crippen molar-refractivity contribution in [2.75, 3.05) is 18.0 Å². The van der Waals surface area contributed by atoms with E-state index >= 15 is 0 Å². The summed E-state index contributed by atoms with van der Waals surface area (Å²) < 4.78 is 31.5. The predicted molar refractivity (Wildman–Crippen MR) is 137 cm³/mol. The summed E-state index contributed by atoms with van der Waals surface area (Å²) in [5.41, 5.74) is -0.139. The Kier molecular flexibility index (Phi) is 6.15. The average Bonchev–Trinajstić information content (AvgIpc) is 3.17. The van der Waals surface area contributed by atoms with E-state index in [1.807, 2.05) is 12.1 Å². The van der Waals surface area contributed by atoms with Crippen LogP contribution in [-0.2, 0) is 9.53 Å². The van der Waals surface area contributed by atoms with E-state index < -0.39 is 18.2 Å². The van der Waals surface area contributed by atoms with Crippen molar-refractivity contribution in [3.63, 3.8) is 0 Å². The van der Waals surface area contributed by atoms with Gasteiger partial charge in [-0.15, -0.1) is 11.8 Å². The quantitative estimate of drug-likeness (QED) is 0.483. The number of carbonyl (C=O) groups is 2. The summed E-state index contributed by atoms with van der Waals surface area (Å²) in [4.78, 5) is 32.2. The van der Waals surface area contributed by atoms with Gasteiger partial charge in [-0.1, -0.05) is 12.8 Å². The molecule has 1 aliphatic heterocycles. The molecule has 0 spiro atoms. The number of fused-ring (bicyclic) bond motifs is 1. The first kappa shape index (κ1) is 25.1. The number of anilines is 1. The van der Waals surface area contributed by atoms with Crippen molar-refractivity contribution in [1.29, 1.82) is 0 Å². The summed E-state index contributed by atoms with van der Waals surface area (Å²) in [5.74, 6) is 0.890. The van der Waals surface area contributed by atoms with Gasteiger partial charge >= 0.3 is 12.6 Å². The summed E-state index contributed by atoms with van der Waals surface area (Å²) in [6.45, 7) is -1.36. The number of carboxylic acids is 1. The standard InChI is InChI=1S/C28H35F2N3O4S/c29-27(30)37-28-9-14-7-15(10-28)23(16(8-14)11-28)32-24(34)18-5-6-21(31-25(18)38-17-3-1-2-4-17)33-12-19-20(13-33)22(19)26(35)36/h5-6,14-17,19-20,22-23,27H,1-4,7-13H2,(H,32,34)(H,35,36). The predicted octanol–water partition coefficient (Wildman–Crippen LogP) is 4.80. The smallest absolute Gasteiger partial charge is 0.345 e. The summed E-state index contributed by atoms with van der Waals surface area (Å²) >= 11 is 1.70. The first-order valence-electron chi connectivity index (χ1n) is 14.2. The van der Waals surface area contributed by atoms with E-state index in [9.17, 15) is 23.5 Å². The van der Waals surface area contributed by atoms with Crippen LogP contribution in [0.25, 0.3) is 0 Å². The lowest BCUT2D eigenvalue weighted by atomic mass is 9.52. The molecule has 38 heavy (non-hydrogen) atoms. The minimum absolute atomic E-state index is 0.0175. The number of piperidine rings is 1. The number of halogens is 2. The second-order valence-corrected chi connectivity index (χ2v) is 14.0. The largest absolute Gasteiger partial charge is 0.481 e. The summed E-state index contributed by atoms with van der Waals surface area (Å²) in [6.07, 6.45) is 8.44. The number of amides is 1. The molecule has 6 aliphatic carbocycles. The van der Waals surface area contributed by atoms with Gasteiger partial charge in [0, 0.05) is 24.4 Å². The highest BCUT2D eigenvalue weighted by molar-refractivity contribution is 7.99. The lowest BCUT2D eigenvalue weighted by Crippen LogP contribution is -2.62. The molecule has 1 amide bonds. The molecule has 2 N–H and O–H groups in total. The van der Waals surface area contributed by atoms with Crippen LogP contribution in [0.2, 0.25) is 0 Å². The maximum absolute atomic E-state index is 13.7. The molecule has 7 nitrogen and oxygen atoms in total. The highest BCUT2D eigenvalue weighted by atomic mass is 32.2. The van der Waals surface area contributed by atoms with Crippen molar-refractivity contribution < 1.29 is 28.2 Å². The number of ether oxygens (including phenoxy) is 1. The minimum atomic E-state index is -2.75. The van der Waals surface area contributed by atoms with Crippen molar-refractivity contribution >= 4 is 29.5 Å². The molecule has 10 heteroatoms. The molecule has 4 unspecified atom stereocenters. The molecule has 0 radical (unpaired) electrons. The Hall–Kier alpha value is -1.94. The number of carboxylic acid groups (broad SMARTS) is 1. The normalized spacial score (nSPS) is 39.1. The van der Waals surface area contributed by atoms with Gasteiger partial charge in [-0.05, 0) is 86.7 Å². The minimum Gasteiger partial charge on any atom is -0.481 e. The molecule has 1 saturated heterocycles. The van der Waals surface area contributed by atoms with E-state index in [0.717, 1.165) is 36.5 Å². The zero-order valence-corrected chi connectivity index (χ0v) is 22.2. The van der Waals surface area contributed by atoms with E-state index in [1.54, 1.807) is 11.8 Å². The molecule has 206 valence electrons. The third-order valence-electron chi connectivity index (χ3n) is 10.3. The van der Waals surface area contributed by atoms with Gasteiger partial charge in [0.2, 0.25) is 0 Å². The number of nitrogens with one attached hydrogen (secondary N) is 1. The Balaban J connectivity index is 1.09. The molecule has 7 fully saturated rings. The highest BCUT2D eigenvalue weighted by Gasteiger charge is 2.60. The first-order valence-corrected chi connectivity index (χ1v) is 15.1. The van der Waals surface area contributed by atoms with Crippen molar-refractivity contribution in [3.8, 4) is 0 Å². The average molecular weight is 548 g/mol. The molecule has 4 atom stereocenters. The Morgan fingerprint density at radius 3 is 2.42 bits per heavy atom. The number of nitrogens with zero attached hydrogens (tertiary/aromatic N) is 2. The van der Waals surface area contributed by atoms with Crippen molar-refractivity contribution in [2.45, 2.75) is 86.3 Å². The lowest BCUT2D eigenvalue weighted by molar-refractivity contribution is -0.260. The molecular formula is C28H35F2N3O4S. The Bertz CT molecular complexity index is 1100. The Morgan fingerprint density at radius 1 is 1.11 bits per heavy atom. The summed E-state index contributed by atoms with van der Waals surface area (Å²) in [5, 5.41) is 13.9. The van der Waals surface area contributed by atoms with Crippen LogP contribution >= 0.6 is 11.8 Å². The van der Waals surface area contributed by atoms with Gasteiger partial charge in [-0.3, -0.25) is 9.59 Å². The number of rotatable bonds is 8. The van der Waals surface area contributed by atoms with E-state index in [2.05, 4.69) is 10.2 Å². The Morgan fingerprint density at radius 2 is 1.79 bits per heavy atom. The van der Waals surface area contributed by atoms with Gasteiger partial charge in [0.1, 0.15) is 10.8 Å². The van der Waals surface area contributed by atoms with Crippen LogP contribution in [-0.4, -0.2) is 58.6 Å². The number of alkyl halides is 2. The highest BCUT2D eigenvalue weighted by Crippen LogP contribution is 2.58. The maximum Gasteiger partial charge on any atom is 0.345 e. The molecule has 1 aromatic rings. The van der Waals surface area contributed by atoms with Crippen molar-refractivity contribution in [1.82, 2.24) is 10.3 Å². The Labute approximate surface area is 225 Å². The van der Waals surface area contributed by atoms with Crippen LogP contribution in [0.4, 0.5) is 14.6 Å². The third-order valence-corrected chi connectivity index (χ3v) is 11.7. The molecule has 0 aromatic carbocycles. The van der Waals surface area contributed by atoms with Crippen LogP contribution in [0.1, 0.15) is 68.1 Å². The number of aliphatic carboxylic acids is 1. The van der Waals surface area contributed by atoms with Gasteiger partial charge in [0.05, 0.1) is 17.1 Å².